The second-order valence-electron chi connectivity index (χ2n) is 9.71. The summed E-state index contributed by atoms with van der Waals surface area (Å²) in [6.07, 6.45) is -1.04. The molecule has 0 bridgehead atoms. The zero-order chi connectivity index (χ0) is 25.4. The zero-order valence-corrected chi connectivity index (χ0v) is 21.2. The summed E-state index contributed by atoms with van der Waals surface area (Å²) in [6, 6.07) is 4.77. The molecule has 0 radical (unpaired) electrons. The van der Waals surface area contributed by atoms with Crippen molar-refractivity contribution < 1.29 is 27.5 Å². The highest BCUT2D eigenvalue weighted by Crippen LogP contribution is 2.12. The molecule has 10 nitrogen and oxygen atoms in total. The third-order valence-corrected chi connectivity index (χ3v) is 5.43. The summed E-state index contributed by atoms with van der Waals surface area (Å²) in [5.41, 5.74) is -0.330. The minimum atomic E-state index is -4.06. The van der Waals surface area contributed by atoms with Gasteiger partial charge in [-0.05, 0) is 60.6 Å². The Kier molecular flexibility index (Phi) is 9.86. The number of carbonyl (C=O) groups is 3. The Morgan fingerprint density at radius 2 is 1.48 bits per heavy atom. The van der Waals surface area contributed by atoms with E-state index in [1.54, 1.807) is 53.7 Å². The lowest BCUT2D eigenvalue weighted by atomic mass is 10.1. The van der Waals surface area contributed by atoms with Crippen molar-refractivity contribution in [2.24, 2.45) is 0 Å². The molecule has 1 aromatic rings. The summed E-state index contributed by atoms with van der Waals surface area (Å²) in [4.78, 5) is 36.8. The van der Waals surface area contributed by atoms with E-state index < -0.39 is 51.5 Å². The fourth-order valence-electron chi connectivity index (χ4n) is 2.60. The lowest BCUT2D eigenvalue weighted by Crippen LogP contribution is -2.51. The van der Waals surface area contributed by atoms with E-state index in [-0.39, 0.29) is 18.0 Å². The van der Waals surface area contributed by atoms with Gasteiger partial charge in [0.05, 0.1) is 11.3 Å². The number of alkyl carbamates (subject to hydrolysis) is 1. The number of rotatable bonds is 9. The van der Waals surface area contributed by atoms with E-state index in [2.05, 4.69) is 20.7 Å². The van der Waals surface area contributed by atoms with Crippen LogP contribution < -0.4 is 20.7 Å². The standard InChI is InChI=1S/C22H36N4O6S/c1-15-8-10-16(11-9-15)33(30,31)26-17(14-18(27)25-21(2,3)4)19(28)23-12-13-24-20(29)32-22(5,6)7/h8-11,17,26H,12-14H2,1-7H3,(H,23,28)(H,24,29)(H,25,27)/t17-/m0/s1. The van der Waals surface area contributed by atoms with Crippen LogP contribution in [0.2, 0.25) is 0 Å². The quantitative estimate of drug-likeness (QED) is 0.392. The summed E-state index contributed by atoms with van der Waals surface area (Å²) in [7, 11) is -4.06. The van der Waals surface area contributed by atoms with Gasteiger partial charge in [-0.2, -0.15) is 4.72 Å². The molecule has 0 spiro atoms. The Morgan fingerprint density at radius 3 is 2.00 bits per heavy atom. The molecular formula is C22H36N4O6S. The first-order valence-corrected chi connectivity index (χ1v) is 12.1. The van der Waals surface area contributed by atoms with Crippen LogP contribution >= 0.6 is 0 Å². The van der Waals surface area contributed by atoms with Crippen molar-refractivity contribution in [3.8, 4) is 0 Å². The van der Waals surface area contributed by atoms with Crippen molar-refractivity contribution in [1.29, 1.82) is 0 Å². The number of sulfonamides is 1. The maximum absolute atomic E-state index is 12.8. The topological polar surface area (TPSA) is 143 Å². The van der Waals surface area contributed by atoms with E-state index in [0.29, 0.717) is 0 Å². The fourth-order valence-corrected chi connectivity index (χ4v) is 3.80. The number of aryl methyl sites for hydroxylation is 1. The second kappa shape index (κ2) is 11.5. The molecule has 11 heteroatoms. The van der Waals surface area contributed by atoms with Crippen LogP contribution in [0.3, 0.4) is 0 Å². The van der Waals surface area contributed by atoms with Crippen LogP contribution in [-0.2, 0) is 24.3 Å². The molecule has 0 heterocycles. The van der Waals surface area contributed by atoms with Crippen LogP contribution in [0.25, 0.3) is 0 Å². The van der Waals surface area contributed by atoms with Crippen molar-refractivity contribution >= 4 is 27.9 Å². The monoisotopic (exact) mass is 484 g/mol. The molecule has 0 saturated heterocycles. The van der Waals surface area contributed by atoms with Crippen molar-refractivity contribution in [3.05, 3.63) is 29.8 Å². The van der Waals surface area contributed by atoms with Gasteiger partial charge in [0.25, 0.3) is 0 Å². The number of hydrogen-bond donors (Lipinski definition) is 4. The average Bonchev–Trinajstić information content (AvgIpc) is 2.61. The SMILES string of the molecule is Cc1ccc(S(=O)(=O)N[C@@H](CC(=O)NC(C)(C)C)C(=O)NCCNC(=O)OC(C)(C)C)cc1. The molecule has 0 unspecified atom stereocenters. The molecule has 3 amide bonds. The van der Waals surface area contributed by atoms with Gasteiger partial charge >= 0.3 is 6.09 Å². The highest BCUT2D eigenvalue weighted by Gasteiger charge is 2.29. The molecule has 0 fully saturated rings. The molecule has 0 aromatic heterocycles. The molecule has 0 saturated carbocycles. The predicted octanol–water partition coefficient (Wildman–Crippen LogP) is 1.59. The van der Waals surface area contributed by atoms with Gasteiger partial charge < -0.3 is 20.7 Å². The van der Waals surface area contributed by atoms with E-state index in [1.807, 2.05) is 6.92 Å². The van der Waals surface area contributed by atoms with E-state index in [9.17, 15) is 22.8 Å². The van der Waals surface area contributed by atoms with Crippen LogP contribution in [0, 0.1) is 6.92 Å². The Hall–Kier alpha value is -2.66. The molecule has 0 aliphatic rings. The minimum absolute atomic E-state index is 0.0156. The molecule has 0 aliphatic carbocycles. The van der Waals surface area contributed by atoms with E-state index >= 15 is 0 Å². The summed E-state index contributed by atoms with van der Waals surface area (Å²) < 4.78 is 33.0. The average molecular weight is 485 g/mol. The number of hydrogen-bond acceptors (Lipinski definition) is 6. The minimum Gasteiger partial charge on any atom is -0.444 e. The van der Waals surface area contributed by atoms with Gasteiger partial charge in [-0.3, -0.25) is 9.59 Å². The Bertz CT molecular complexity index is 931. The van der Waals surface area contributed by atoms with Gasteiger partial charge in [0.15, 0.2) is 0 Å². The first-order chi connectivity index (χ1) is 15.0. The van der Waals surface area contributed by atoms with Crippen LogP contribution in [0.4, 0.5) is 4.79 Å². The highest BCUT2D eigenvalue weighted by molar-refractivity contribution is 7.89. The van der Waals surface area contributed by atoms with Crippen LogP contribution in [0.1, 0.15) is 53.5 Å². The summed E-state index contributed by atoms with van der Waals surface area (Å²) in [6.45, 7) is 12.4. The second-order valence-corrected chi connectivity index (χ2v) is 11.4. The van der Waals surface area contributed by atoms with E-state index in [1.165, 1.54) is 12.1 Å². The van der Waals surface area contributed by atoms with Crippen molar-refractivity contribution in [3.63, 3.8) is 0 Å². The third kappa shape index (κ3) is 11.7. The lowest BCUT2D eigenvalue weighted by molar-refractivity contribution is -0.128. The van der Waals surface area contributed by atoms with Crippen molar-refractivity contribution in [2.75, 3.05) is 13.1 Å². The first-order valence-electron chi connectivity index (χ1n) is 10.6. The number of benzene rings is 1. The zero-order valence-electron chi connectivity index (χ0n) is 20.4. The van der Waals surface area contributed by atoms with Gasteiger partial charge in [-0.1, -0.05) is 17.7 Å². The Balaban J connectivity index is 2.84. The van der Waals surface area contributed by atoms with E-state index in [0.717, 1.165) is 5.56 Å². The first kappa shape index (κ1) is 28.4. The predicted molar refractivity (Wildman–Crippen MR) is 125 cm³/mol. The Morgan fingerprint density at radius 1 is 0.939 bits per heavy atom. The number of nitrogens with one attached hydrogen (secondary N) is 4. The summed E-state index contributed by atoms with van der Waals surface area (Å²) >= 11 is 0. The molecule has 0 aliphatic heterocycles. The molecule has 1 aromatic carbocycles. The fraction of sp³-hybridized carbons (Fsp3) is 0.591. The Labute approximate surface area is 196 Å². The van der Waals surface area contributed by atoms with Crippen LogP contribution in [0.15, 0.2) is 29.2 Å². The van der Waals surface area contributed by atoms with Gasteiger partial charge in [-0.25, -0.2) is 13.2 Å². The lowest BCUT2D eigenvalue weighted by Gasteiger charge is -2.23. The van der Waals surface area contributed by atoms with Gasteiger partial charge in [0.2, 0.25) is 21.8 Å². The maximum atomic E-state index is 12.8. The number of carbonyl (C=O) groups excluding carboxylic acids is 3. The summed E-state index contributed by atoms with van der Waals surface area (Å²) in [5.74, 6) is -1.18. The summed E-state index contributed by atoms with van der Waals surface area (Å²) in [5, 5.41) is 7.74. The maximum Gasteiger partial charge on any atom is 0.407 e. The molecule has 1 atom stereocenters. The molecular weight excluding hydrogens is 448 g/mol. The van der Waals surface area contributed by atoms with Gasteiger partial charge in [0.1, 0.15) is 11.6 Å². The molecule has 186 valence electrons. The number of ether oxygens (including phenoxy) is 1. The normalized spacial score (nSPS) is 13.1. The molecule has 33 heavy (non-hydrogen) atoms. The van der Waals surface area contributed by atoms with Crippen molar-refractivity contribution in [1.82, 2.24) is 20.7 Å². The number of amides is 3. The van der Waals surface area contributed by atoms with Crippen molar-refractivity contribution in [2.45, 2.75) is 77.0 Å². The highest BCUT2D eigenvalue weighted by atomic mass is 32.2. The molecule has 4 N–H and O–H groups in total. The van der Waals surface area contributed by atoms with E-state index in [4.69, 9.17) is 4.74 Å². The molecule has 1 rings (SSSR count). The van der Waals surface area contributed by atoms with Gasteiger partial charge in [0, 0.05) is 18.6 Å². The van der Waals surface area contributed by atoms with Crippen LogP contribution in [-0.4, -0.2) is 56.6 Å². The van der Waals surface area contributed by atoms with Crippen LogP contribution in [0.5, 0.6) is 0 Å². The largest absolute Gasteiger partial charge is 0.444 e. The third-order valence-electron chi connectivity index (χ3n) is 3.94. The van der Waals surface area contributed by atoms with Gasteiger partial charge in [-0.15, -0.1) is 0 Å². The smallest absolute Gasteiger partial charge is 0.407 e.